The van der Waals surface area contributed by atoms with E-state index in [4.69, 9.17) is 10.5 Å². The highest BCUT2D eigenvalue weighted by Gasteiger charge is 2.17. The van der Waals surface area contributed by atoms with Crippen molar-refractivity contribution in [3.05, 3.63) is 36.9 Å². The number of rotatable bonds is 7. The molecule has 18 heavy (non-hydrogen) atoms. The molecule has 0 aliphatic heterocycles. The van der Waals surface area contributed by atoms with Crippen molar-refractivity contribution in [1.82, 2.24) is 4.72 Å². The Morgan fingerprint density at radius 2 is 2.17 bits per heavy atom. The molecule has 5 nitrogen and oxygen atoms in total. The van der Waals surface area contributed by atoms with Crippen LogP contribution in [0.25, 0.3) is 0 Å². The Hall–Kier alpha value is -1.37. The molecule has 3 N–H and O–H groups in total. The molecule has 1 unspecified atom stereocenters. The predicted octanol–water partition coefficient (Wildman–Crippen LogP) is 1.14. The lowest BCUT2D eigenvalue weighted by Crippen LogP contribution is -2.32. The van der Waals surface area contributed by atoms with E-state index in [-0.39, 0.29) is 23.2 Å². The van der Waals surface area contributed by atoms with E-state index >= 15 is 0 Å². The summed E-state index contributed by atoms with van der Waals surface area (Å²) in [4.78, 5) is 0.0842. The first kappa shape index (κ1) is 14.7. The fourth-order valence-electron chi connectivity index (χ4n) is 1.32. The first-order valence-corrected chi connectivity index (χ1v) is 7.02. The summed E-state index contributed by atoms with van der Waals surface area (Å²) in [5.41, 5.74) is 5.86. The maximum absolute atomic E-state index is 12.0. The Morgan fingerprint density at radius 3 is 2.78 bits per heavy atom. The van der Waals surface area contributed by atoms with Crippen molar-refractivity contribution < 1.29 is 13.2 Å². The molecule has 1 aromatic rings. The average molecular weight is 270 g/mol. The van der Waals surface area contributed by atoms with Crippen molar-refractivity contribution in [1.29, 1.82) is 0 Å². The number of hydrogen-bond donors (Lipinski definition) is 2. The van der Waals surface area contributed by atoms with Crippen LogP contribution in [0.5, 0.6) is 0 Å². The lowest BCUT2D eigenvalue weighted by Gasteiger charge is -2.13. The van der Waals surface area contributed by atoms with E-state index in [1.54, 1.807) is 31.2 Å². The quantitative estimate of drug-likeness (QED) is 0.575. The van der Waals surface area contributed by atoms with E-state index in [1.165, 1.54) is 6.07 Å². The third-order valence-electron chi connectivity index (χ3n) is 2.27. The van der Waals surface area contributed by atoms with Gasteiger partial charge in [-0.25, -0.2) is 13.1 Å². The minimum Gasteiger partial charge on any atom is -0.398 e. The van der Waals surface area contributed by atoms with E-state index in [1.807, 2.05) is 0 Å². The van der Waals surface area contributed by atoms with Gasteiger partial charge in [-0.2, -0.15) is 0 Å². The molecule has 1 rings (SSSR count). The van der Waals surface area contributed by atoms with Crippen LogP contribution in [0.3, 0.4) is 0 Å². The maximum atomic E-state index is 12.0. The van der Waals surface area contributed by atoms with Crippen molar-refractivity contribution in [2.45, 2.75) is 17.9 Å². The molecule has 0 saturated heterocycles. The number of sulfonamides is 1. The first-order valence-electron chi connectivity index (χ1n) is 5.54. The standard InChI is InChI=1S/C12H18N2O3S/c1-3-8-17-10(2)9-14-18(15,16)12-7-5-4-6-11(12)13/h3-7,10,14H,1,8-9,13H2,2H3. The Kier molecular flexibility index (Phi) is 5.33. The summed E-state index contributed by atoms with van der Waals surface area (Å²) in [5, 5.41) is 0. The molecule has 1 aromatic carbocycles. The van der Waals surface area contributed by atoms with Crippen LogP contribution in [0.2, 0.25) is 0 Å². The zero-order chi connectivity index (χ0) is 13.6. The van der Waals surface area contributed by atoms with Crippen LogP contribution in [-0.2, 0) is 14.8 Å². The summed E-state index contributed by atoms with van der Waals surface area (Å²) in [5.74, 6) is 0. The van der Waals surface area contributed by atoms with E-state index in [0.29, 0.717) is 6.61 Å². The van der Waals surface area contributed by atoms with Crippen molar-refractivity contribution in [2.75, 3.05) is 18.9 Å². The maximum Gasteiger partial charge on any atom is 0.242 e. The normalized spacial score (nSPS) is 13.2. The highest BCUT2D eigenvalue weighted by molar-refractivity contribution is 7.89. The number of nitrogen functional groups attached to an aromatic ring is 1. The van der Waals surface area contributed by atoms with Gasteiger partial charge in [0.1, 0.15) is 4.90 Å². The molecule has 0 fully saturated rings. The lowest BCUT2D eigenvalue weighted by atomic mass is 10.3. The van der Waals surface area contributed by atoms with Gasteiger partial charge in [0.05, 0.1) is 18.4 Å². The minimum absolute atomic E-state index is 0.0842. The third-order valence-corrected chi connectivity index (χ3v) is 3.77. The Bertz CT molecular complexity index is 500. The third kappa shape index (κ3) is 4.14. The summed E-state index contributed by atoms with van der Waals surface area (Å²) in [7, 11) is -3.59. The van der Waals surface area contributed by atoms with Gasteiger partial charge in [0.2, 0.25) is 10.0 Å². The number of benzene rings is 1. The number of para-hydroxylation sites is 1. The van der Waals surface area contributed by atoms with Crippen LogP contribution in [0.4, 0.5) is 5.69 Å². The van der Waals surface area contributed by atoms with Crippen molar-refractivity contribution in [3.63, 3.8) is 0 Å². The van der Waals surface area contributed by atoms with Crippen LogP contribution in [0.15, 0.2) is 41.8 Å². The van der Waals surface area contributed by atoms with E-state index in [2.05, 4.69) is 11.3 Å². The van der Waals surface area contributed by atoms with Gasteiger partial charge in [0, 0.05) is 6.54 Å². The van der Waals surface area contributed by atoms with Gasteiger partial charge in [0.25, 0.3) is 0 Å². The first-order chi connectivity index (χ1) is 8.47. The zero-order valence-electron chi connectivity index (χ0n) is 10.3. The van der Waals surface area contributed by atoms with Gasteiger partial charge in [-0.05, 0) is 19.1 Å². The molecule has 0 saturated carbocycles. The molecule has 0 aromatic heterocycles. The number of anilines is 1. The second-order valence-electron chi connectivity index (χ2n) is 3.82. The smallest absolute Gasteiger partial charge is 0.242 e. The lowest BCUT2D eigenvalue weighted by molar-refractivity contribution is 0.0921. The molecule has 0 aliphatic carbocycles. The minimum atomic E-state index is -3.59. The SMILES string of the molecule is C=CCOC(C)CNS(=O)(=O)c1ccccc1N. The molecule has 100 valence electrons. The molecule has 6 heteroatoms. The second kappa shape index (κ2) is 6.53. The number of nitrogens with two attached hydrogens (primary N) is 1. The van der Waals surface area contributed by atoms with Gasteiger partial charge in [0.15, 0.2) is 0 Å². The molecule has 0 spiro atoms. The molecular formula is C12H18N2O3S. The van der Waals surface area contributed by atoms with E-state index < -0.39 is 10.0 Å². The Balaban J connectivity index is 2.66. The fourth-order valence-corrected chi connectivity index (χ4v) is 2.57. The van der Waals surface area contributed by atoms with Crippen LogP contribution in [-0.4, -0.2) is 27.7 Å². The van der Waals surface area contributed by atoms with Gasteiger partial charge in [-0.3, -0.25) is 0 Å². The van der Waals surface area contributed by atoms with Crippen LogP contribution in [0.1, 0.15) is 6.92 Å². The monoisotopic (exact) mass is 270 g/mol. The molecule has 0 radical (unpaired) electrons. The van der Waals surface area contributed by atoms with Gasteiger partial charge in [-0.15, -0.1) is 6.58 Å². The van der Waals surface area contributed by atoms with Gasteiger partial charge >= 0.3 is 0 Å². The second-order valence-corrected chi connectivity index (χ2v) is 5.56. The molecule has 0 amide bonds. The molecular weight excluding hydrogens is 252 g/mol. The molecule has 1 atom stereocenters. The van der Waals surface area contributed by atoms with Gasteiger partial charge in [-0.1, -0.05) is 18.2 Å². The Labute approximate surface area is 108 Å². The summed E-state index contributed by atoms with van der Waals surface area (Å²) < 4.78 is 31.7. The average Bonchev–Trinajstić information content (AvgIpc) is 2.34. The predicted molar refractivity (Wildman–Crippen MR) is 71.7 cm³/mol. The van der Waals surface area contributed by atoms with Crippen LogP contribution in [0, 0.1) is 0 Å². The highest BCUT2D eigenvalue weighted by atomic mass is 32.2. The van der Waals surface area contributed by atoms with Crippen molar-refractivity contribution >= 4 is 15.7 Å². The highest BCUT2D eigenvalue weighted by Crippen LogP contribution is 2.16. The van der Waals surface area contributed by atoms with E-state index in [0.717, 1.165) is 0 Å². The molecule has 0 heterocycles. The number of hydrogen-bond acceptors (Lipinski definition) is 4. The fraction of sp³-hybridized carbons (Fsp3) is 0.333. The topological polar surface area (TPSA) is 81.4 Å². The van der Waals surface area contributed by atoms with Crippen molar-refractivity contribution in [2.24, 2.45) is 0 Å². The summed E-state index contributed by atoms with van der Waals surface area (Å²) >= 11 is 0. The van der Waals surface area contributed by atoms with Crippen LogP contribution < -0.4 is 10.5 Å². The summed E-state index contributed by atoms with van der Waals surface area (Å²) in [6, 6.07) is 6.33. The zero-order valence-corrected chi connectivity index (χ0v) is 11.1. The van der Waals surface area contributed by atoms with Gasteiger partial charge < -0.3 is 10.5 Å². The molecule has 0 aliphatic rings. The number of ether oxygens (including phenoxy) is 1. The summed E-state index contributed by atoms with van der Waals surface area (Å²) in [6.45, 7) is 5.87. The van der Waals surface area contributed by atoms with Crippen LogP contribution >= 0.6 is 0 Å². The Morgan fingerprint density at radius 1 is 1.50 bits per heavy atom. The summed E-state index contributed by atoms with van der Waals surface area (Å²) in [6.07, 6.45) is 1.38. The number of nitrogens with one attached hydrogen (secondary N) is 1. The van der Waals surface area contributed by atoms with Crippen molar-refractivity contribution in [3.8, 4) is 0 Å². The largest absolute Gasteiger partial charge is 0.398 e. The molecule has 0 bridgehead atoms. The van der Waals surface area contributed by atoms with E-state index in [9.17, 15) is 8.42 Å².